The molecule has 0 radical (unpaired) electrons. The number of hydrogen-bond acceptors (Lipinski definition) is 6. The van der Waals surface area contributed by atoms with Crippen molar-refractivity contribution < 1.29 is 23.8 Å². The SMILES string of the molecule is CC(=O)OC(C)Oc1ccc2c3c1O[C@@]1(C)C(=O)CC[C@H]4C(C2)N(C)CC[C@@]341. The lowest BCUT2D eigenvalue weighted by Gasteiger charge is -2.60. The van der Waals surface area contributed by atoms with Crippen molar-refractivity contribution in [3.63, 3.8) is 0 Å². The minimum Gasteiger partial charge on any atom is -0.475 e. The Kier molecular flexibility index (Phi) is 3.67. The number of likely N-dealkylation sites (N-methyl/N-ethyl adjacent to an activating group) is 1. The number of benzene rings is 1. The second-order valence-corrected chi connectivity index (χ2v) is 8.90. The van der Waals surface area contributed by atoms with E-state index in [0.29, 0.717) is 29.9 Å². The maximum Gasteiger partial charge on any atom is 0.305 e. The molecule has 5 rings (SSSR count). The monoisotopic (exact) mass is 385 g/mol. The minimum atomic E-state index is -0.850. The van der Waals surface area contributed by atoms with Crippen molar-refractivity contribution in [1.29, 1.82) is 0 Å². The highest BCUT2D eigenvalue weighted by atomic mass is 16.7. The summed E-state index contributed by atoms with van der Waals surface area (Å²) in [6.45, 7) is 5.99. The van der Waals surface area contributed by atoms with Crippen molar-refractivity contribution in [2.75, 3.05) is 13.6 Å². The van der Waals surface area contributed by atoms with Gasteiger partial charge in [0, 0.05) is 31.9 Å². The summed E-state index contributed by atoms with van der Waals surface area (Å²) in [6, 6.07) is 4.44. The van der Waals surface area contributed by atoms with Crippen molar-refractivity contribution in [1.82, 2.24) is 4.90 Å². The van der Waals surface area contributed by atoms with Crippen LogP contribution in [0.4, 0.5) is 0 Å². The molecule has 1 aromatic rings. The summed E-state index contributed by atoms with van der Waals surface area (Å²) in [5, 5.41) is 0. The zero-order valence-corrected chi connectivity index (χ0v) is 16.9. The molecule has 2 aliphatic heterocycles. The van der Waals surface area contributed by atoms with Crippen molar-refractivity contribution in [3.05, 3.63) is 23.3 Å². The quantitative estimate of drug-likeness (QED) is 0.589. The van der Waals surface area contributed by atoms with Crippen LogP contribution in [0.3, 0.4) is 0 Å². The van der Waals surface area contributed by atoms with Crippen LogP contribution in [0, 0.1) is 5.92 Å². The maximum atomic E-state index is 13.2. The topological polar surface area (TPSA) is 65.1 Å². The number of ether oxygens (including phenoxy) is 3. The lowest BCUT2D eigenvalue weighted by atomic mass is 9.47. The molecule has 2 unspecified atom stereocenters. The van der Waals surface area contributed by atoms with Gasteiger partial charge in [-0.2, -0.15) is 0 Å². The van der Waals surface area contributed by atoms with Crippen LogP contribution < -0.4 is 9.47 Å². The standard InChI is InChI=1S/C22H27NO5/c1-12(24)26-13(2)27-17-7-5-14-11-16-15-6-8-18(25)21(3)22(15,9-10-23(16)4)19(14)20(17)28-21/h5,7,13,15-16H,6,8-11H2,1-4H3/t13?,15-,16?,21-,22-/m0/s1. The highest BCUT2D eigenvalue weighted by Crippen LogP contribution is 2.66. The van der Waals surface area contributed by atoms with E-state index in [1.165, 1.54) is 18.1 Å². The van der Waals surface area contributed by atoms with E-state index in [1.807, 2.05) is 13.0 Å². The molecule has 2 bridgehead atoms. The van der Waals surface area contributed by atoms with E-state index in [4.69, 9.17) is 14.2 Å². The molecule has 28 heavy (non-hydrogen) atoms. The summed E-state index contributed by atoms with van der Waals surface area (Å²) in [7, 11) is 2.20. The summed E-state index contributed by atoms with van der Waals surface area (Å²) in [5.74, 6) is 1.44. The Hall–Kier alpha value is -2.08. The van der Waals surface area contributed by atoms with E-state index in [1.54, 1.807) is 6.92 Å². The second-order valence-electron chi connectivity index (χ2n) is 8.90. The Labute approximate surface area is 165 Å². The van der Waals surface area contributed by atoms with Gasteiger partial charge in [-0.15, -0.1) is 0 Å². The molecule has 0 aromatic heterocycles. The van der Waals surface area contributed by atoms with Crippen LogP contribution in [-0.2, 0) is 26.2 Å². The first-order valence-electron chi connectivity index (χ1n) is 10.2. The largest absolute Gasteiger partial charge is 0.475 e. The molecular formula is C22H27NO5. The molecule has 0 amide bonds. The number of hydrogen-bond donors (Lipinski definition) is 0. The fourth-order valence-electron chi connectivity index (χ4n) is 6.46. The Bertz CT molecular complexity index is 882. The highest BCUT2D eigenvalue weighted by Gasteiger charge is 2.71. The Morgan fingerprint density at radius 3 is 2.93 bits per heavy atom. The third kappa shape index (κ3) is 2.07. The number of nitrogens with zero attached hydrogens (tertiary/aromatic N) is 1. The van der Waals surface area contributed by atoms with Crippen LogP contribution in [-0.4, -0.2) is 48.2 Å². The van der Waals surface area contributed by atoms with Gasteiger partial charge < -0.3 is 19.1 Å². The molecule has 5 atom stereocenters. The first kappa shape index (κ1) is 18.0. The zero-order valence-electron chi connectivity index (χ0n) is 16.9. The summed E-state index contributed by atoms with van der Waals surface area (Å²) in [5.41, 5.74) is 1.29. The number of carbonyl (C=O) groups is 2. The van der Waals surface area contributed by atoms with Crippen molar-refractivity contribution >= 4 is 11.8 Å². The first-order chi connectivity index (χ1) is 13.3. The minimum absolute atomic E-state index is 0.190. The van der Waals surface area contributed by atoms with Gasteiger partial charge in [0.15, 0.2) is 22.9 Å². The van der Waals surface area contributed by atoms with Crippen LogP contribution >= 0.6 is 0 Å². The van der Waals surface area contributed by atoms with Gasteiger partial charge in [-0.25, -0.2) is 0 Å². The smallest absolute Gasteiger partial charge is 0.305 e. The Balaban J connectivity index is 1.67. The Morgan fingerprint density at radius 1 is 1.39 bits per heavy atom. The van der Waals surface area contributed by atoms with Gasteiger partial charge in [0.1, 0.15) is 0 Å². The molecular weight excluding hydrogens is 358 g/mol. The van der Waals surface area contributed by atoms with Crippen molar-refractivity contribution in [2.24, 2.45) is 5.92 Å². The normalized spacial score (nSPS) is 36.4. The van der Waals surface area contributed by atoms with E-state index >= 15 is 0 Å². The van der Waals surface area contributed by atoms with Gasteiger partial charge in [-0.3, -0.25) is 9.59 Å². The molecule has 2 fully saturated rings. The lowest BCUT2D eigenvalue weighted by Crippen LogP contribution is -2.70. The third-order valence-electron chi connectivity index (χ3n) is 7.60. The molecule has 4 aliphatic rings. The molecule has 2 aliphatic carbocycles. The van der Waals surface area contributed by atoms with Gasteiger partial charge in [0.25, 0.3) is 0 Å². The average molecular weight is 385 g/mol. The predicted molar refractivity (Wildman–Crippen MR) is 101 cm³/mol. The third-order valence-corrected chi connectivity index (χ3v) is 7.60. The summed E-state index contributed by atoms with van der Waals surface area (Å²) in [6.07, 6.45) is 2.65. The molecule has 6 nitrogen and oxygen atoms in total. The van der Waals surface area contributed by atoms with Crippen molar-refractivity contribution in [2.45, 2.75) is 69.8 Å². The molecule has 2 heterocycles. The first-order valence-corrected chi connectivity index (χ1v) is 10.2. The molecule has 1 saturated heterocycles. The van der Waals surface area contributed by atoms with Crippen LogP contribution in [0.5, 0.6) is 11.5 Å². The van der Waals surface area contributed by atoms with E-state index in [0.717, 1.165) is 25.8 Å². The molecule has 0 N–H and O–H groups in total. The van der Waals surface area contributed by atoms with Crippen LogP contribution in [0.1, 0.15) is 51.2 Å². The van der Waals surface area contributed by atoms with Gasteiger partial charge in [0.05, 0.1) is 5.41 Å². The number of ketones is 1. The molecule has 6 heteroatoms. The van der Waals surface area contributed by atoms with E-state index < -0.39 is 17.9 Å². The van der Waals surface area contributed by atoms with Gasteiger partial charge in [-0.05, 0) is 57.3 Å². The molecule has 150 valence electrons. The second kappa shape index (κ2) is 5.72. The van der Waals surface area contributed by atoms with Crippen molar-refractivity contribution in [3.8, 4) is 11.5 Å². The number of Topliss-reactive ketones (excluding diaryl/α,β-unsaturated/α-hetero) is 1. The van der Waals surface area contributed by atoms with Gasteiger partial charge in [-0.1, -0.05) is 6.07 Å². The fraction of sp³-hybridized carbons (Fsp3) is 0.636. The lowest BCUT2D eigenvalue weighted by molar-refractivity contribution is -0.158. The van der Waals surface area contributed by atoms with Gasteiger partial charge >= 0.3 is 5.97 Å². The highest BCUT2D eigenvalue weighted by molar-refractivity contribution is 5.93. The Morgan fingerprint density at radius 2 is 2.18 bits per heavy atom. The molecule has 1 saturated carbocycles. The summed E-state index contributed by atoms with van der Waals surface area (Å²) >= 11 is 0. The van der Waals surface area contributed by atoms with Gasteiger partial charge in [0.2, 0.25) is 6.29 Å². The van der Waals surface area contributed by atoms with Crippen LogP contribution in [0.15, 0.2) is 12.1 Å². The number of esters is 1. The number of carbonyl (C=O) groups excluding carboxylic acids is 2. The molecule has 1 aromatic carbocycles. The fourth-order valence-corrected chi connectivity index (χ4v) is 6.46. The summed E-state index contributed by atoms with van der Waals surface area (Å²) < 4.78 is 17.6. The van der Waals surface area contributed by atoms with Crippen LogP contribution in [0.2, 0.25) is 0 Å². The van der Waals surface area contributed by atoms with E-state index in [9.17, 15) is 9.59 Å². The number of piperidine rings is 1. The average Bonchev–Trinajstić information content (AvgIpc) is 2.90. The predicted octanol–water partition coefficient (Wildman–Crippen LogP) is 2.60. The van der Waals surface area contributed by atoms with E-state index in [2.05, 4.69) is 18.0 Å². The van der Waals surface area contributed by atoms with E-state index in [-0.39, 0.29) is 11.2 Å². The molecule has 1 spiro atoms. The van der Waals surface area contributed by atoms with Crippen LogP contribution in [0.25, 0.3) is 0 Å². The number of likely N-dealkylation sites (tertiary alicyclic amines) is 1. The number of rotatable bonds is 3. The maximum absolute atomic E-state index is 13.2. The summed E-state index contributed by atoms with van der Waals surface area (Å²) in [4.78, 5) is 26.9. The zero-order chi connectivity index (χ0) is 19.8.